The Morgan fingerprint density at radius 2 is 1.12 bits per heavy atom. The van der Waals surface area contributed by atoms with Crippen LogP contribution in [0.5, 0.6) is 0 Å². The number of amides is 10. The van der Waals surface area contributed by atoms with Gasteiger partial charge in [-0.3, -0.25) is 47.9 Å². The number of nitrogens with two attached hydrogens (primary N) is 3. The van der Waals surface area contributed by atoms with Gasteiger partial charge in [0.05, 0.1) is 25.0 Å². The molecular formula is C43H71N11O13S. The van der Waals surface area contributed by atoms with Gasteiger partial charge >= 0.3 is 5.97 Å². The monoisotopic (exact) mass is 981 g/mol. The first-order valence-corrected chi connectivity index (χ1v) is 24.5. The van der Waals surface area contributed by atoms with Gasteiger partial charge in [-0.2, -0.15) is 11.8 Å². The van der Waals surface area contributed by atoms with E-state index in [1.165, 1.54) is 28.5 Å². The largest absolute Gasteiger partial charge is 0.480 e. The van der Waals surface area contributed by atoms with Crippen molar-refractivity contribution in [3.05, 3.63) is 0 Å². The number of nitrogens with one attached hydrogen (secondary N) is 5. The Balaban J connectivity index is 1.79. The molecule has 25 heteroatoms. The normalized spacial score (nSPS) is 21.6. The second kappa shape index (κ2) is 26.3. The summed E-state index contributed by atoms with van der Waals surface area (Å²) in [6.07, 6.45) is 1.28. The number of carbonyl (C=O) groups excluding carboxylic acids is 10. The van der Waals surface area contributed by atoms with Crippen LogP contribution in [-0.2, 0) is 52.7 Å². The van der Waals surface area contributed by atoms with Crippen LogP contribution in [0, 0.1) is 11.8 Å². The van der Waals surface area contributed by atoms with E-state index >= 15 is 0 Å². The van der Waals surface area contributed by atoms with Crippen molar-refractivity contribution >= 4 is 76.8 Å². The van der Waals surface area contributed by atoms with Crippen molar-refractivity contribution in [2.75, 3.05) is 31.6 Å². The minimum Gasteiger partial charge on any atom is -0.480 e. The number of hydrogen-bond donors (Lipinski definition) is 10. The van der Waals surface area contributed by atoms with E-state index in [0.29, 0.717) is 37.9 Å². The number of thioether (sulfide) groups is 1. The van der Waals surface area contributed by atoms with Crippen molar-refractivity contribution in [2.24, 2.45) is 29.0 Å². The molecule has 3 fully saturated rings. The van der Waals surface area contributed by atoms with Gasteiger partial charge in [-0.25, -0.2) is 4.79 Å². The van der Waals surface area contributed by atoms with Crippen LogP contribution < -0.4 is 43.8 Å². The van der Waals surface area contributed by atoms with Gasteiger partial charge < -0.3 is 68.7 Å². The average Bonchev–Trinajstić information content (AvgIpc) is 4.08. The highest BCUT2D eigenvalue weighted by Crippen LogP contribution is 2.27. The molecule has 3 saturated heterocycles. The summed E-state index contributed by atoms with van der Waals surface area (Å²) in [5, 5.41) is 32.3. The van der Waals surface area contributed by atoms with Gasteiger partial charge in [-0.15, -0.1) is 0 Å². The minimum absolute atomic E-state index is 0.000915. The third-order valence-electron chi connectivity index (χ3n) is 12.6. The molecule has 0 radical (unpaired) electrons. The first kappa shape index (κ1) is 56.8. The number of rotatable bonds is 25. The van der Waals surface area contributed by atoms with Gasteiger partial charge in [0.25, 0.3) is 0 Å². The summed E-state index contributed by atoms with van der Waals surface area (Å²) in [6.45, 7) is 8.40. The molecule has 0 unspecified atom stereocenters. The van der Waals surface area contributed by atoms with Gasteiger partial charge in [-0.1, -0.05) is 34.1 Å². The summed E-state index contributed by atoms with van der Waals surface area (Å²) in [5.74, 6) is -9.91. The van der Waals surface area contributed by atoms with Crippen molar-refractivity contribution in [3.8, 4) is 0 Å². The number of aliphatic carboxylic acids is 1. The maximum atomic E-state index is 14.4. The second-order valence-corrected chi connectivity index (χ2v) is 19.1. The molecule has 68 heavy (non-hydrogen) atoms. The van der Waals surface area contributed by atoms with Crippen LogP contribution in [0.2, 0.25) is 0 Å². The van der Waals surface area contributed by atoms with E-state index in [1.807, 2.05) is 13.2 Å². The van der Waals surface area contributed by atoms with Crippen molar-refractivity contribution in [2.45, 2.75) is 159 Å². The Hall–Kier alpha value is -5.56. The fourth-order valence-corrected chi connectivity index (χ4v) is 9.04. The quantitative estimate of drug-likeness (QED) is 0.0422. The lowest BCUT2D eigenvalue weighted by atomic mass is 9.96. The third-order valence-corrected chi connectivity index (χ3v) is 13.2. The fraction of sp³-hybridized carbons (Fsp3) is 0.744. The Morgan fingerprint density at radius 1 is 0.632 bits per heavy atom. The highest BCUT2D eigenvalue weighted by atomic mass is 32.2. The molecule has 0 aromatic heterocycles. The van der Waals surface area contributed by atoms with Crippen LogP contribution in [0.1, 0.15) is 98.8 Å². The molecule has 0 aliphatic carbocycles. The fourth-order valence-electron chi connectivity index (χ4n) is 8.55. The molecular weight excluding hydrogens is 911 g/mol. The van der Waals surface area contributed by atoms with Crippen molar-refractivity contribution in [1.82, 2.24) is 41.3 Å². The van der Waals surface area contributed by atoms with Crippen LogP contribution in [0.4, 0.5) is 0 Å². The van der Waals surface area contributed by atoms with Gasteiger partial charge in [0.15, 0.2) is 0 Å². The molecule has 3 aliphatic rings. The number of nitrogens with zero attached hydrogens (tertiary/aromatic N) is 3. The molecule has 0 bridgehead atoms. The van der Waals surface area contributed by atoms with Gasteiger partial charge in [0.2, 0.25) is 59.1 Å². The first-order valence-electron chi connectivity index (χ1n) is 23.1. The predicted octanol–water partition coefficient (Wildman–Crippen LogP) is -3.62. The third kappa shape index (κ3) is 15.2. The Labute approximate surface area is 400 Å². The lowest BCUT2D eigenvalue weighted by Crippen LogP contribution is -2.61. The van der Waals surface area contributed by atoms with E-state index in [1.54, 1.807) is 20.8 Å². The number of aliphatic hydroxyl groups is 1. The first-order chi connectivity index (χ1) is 31.9. The molecule has 0 saturated carbocycles. The van der Waals surface area contributed by atoms with E-state index in [-0.39, 0.29) is 38.9 Å². The highest BCUT2D eigenvalue weighted by Gasteiger charge is 2.46. The van der Waals surface area contributed by atoms with Crippen LogP contribution in [0.15, 0.2) is 0 Å². The summed E-state index contributed by atoms with van der Waals surface area (Å²) < 4.78 is 0. The summed E-state index contributed by atoms with van der Waals surface area (Å²) in [6, 6.07) is -11.6. The smallest absolute Gasteiger partial charge is 0.326 e. The van der Waals surface area contributed by atoms with Gasteiger partial charge in [0.1, 0.15) is 48.3 Å². The summed E-state index contributed by atoms with van der Waals surface area (Å²) in [5.41, 5.74) is 16.8. The molecule has 382 valence electrons. The number of aliphatic hydroxyl groups excluding tert-OH is 1. The van der Waals surface area contributed by atoms with E-state index in [4.69, 9.17) is 17.2 Å². The minimum atomic E-state index is -1.78. The van der Waals surface area contributed by atoms with Gasteiger partial charge in [-0.05, 0) is 75.7 Å². The molecule has 3 heterocycles. The summed E-state index contributed by atoms with van der Waals surface area (Å²) in [7, 11) is 0. The van der Waals surface area contributed by atoms with Crippen LogP contribution in [0.3, 0.4) is 0 Å². The molecule has 13 N–H and O–H groups in total. The molecule has 0 aromatic rings. The molecule has 3 aliphatic heterocycles. The molecule has 11 atom stereocenters. The predicted molar refractivity (Wildman–Crippen MR) is 246 cm³/mol. The Morgan fingerprint density at radius 3 is 1.62 bits per heavy atom. The lowest BCUT2D eigenvalue weighted by Gasteiger charge is -2.35. The average molecular weight is 982 g/mol. The summed E-state index contributed by atoms with van der Waals surface area (Å²) >= 11 is 1.44. The topological polar surface area (TPSA) is 376 Å². The van der Waals surface area contributed by atoms with Crippen LogP contribution in [-0.4, -0.2) is 182 Å². The number of carbonyl (C=O) groups is 11. The number of hydrogen-bond acceptors (Lipinski definition) is 14. The number of carboxylic acids is 1. The van der Waals surface area contributed by atoms with E-state index in [2.05, 4.69) is 26.6 Å². The highest BCUT2D eigenvalue weighted by molar-refractivity contribution is 7.98. The maximum Gasteiger partial charge on any atom is 0.326 e. The number of likely N-dealkylation sites (tertiary alicyclic amines) is 3. The molecule has 0 spiro atoms. The zero-order chi connectivity index (χ0) is 51.2. The SMILES string of the molecule is CC[C@H](C)[C@H](NC(=O)[C@@H]1CCCN1C(=O)[C@@H]1CCCN1C(=O)[C@H](CC(N)=O)NC(=O)[C@H](CC(N)=O)NC(=O)[C@@H](NC(=O)[C@@H](N)CCSC)[C@@H](C)O)C(=O)N1CCC[C@H]1C(=O)N[C@H](C(=O)O)C(C)C. The maximum absolute atomic E-state index is 14.4. The van der Waals surface area contributed by atoms with E-state index in [9.17, 15) is 63.0 Å². The van der Waals surface area contributed by atoms with Crippen molar-refractivity contribution in [3.63, 3.8) is 0 Å². The van der Waals surface area contributed by atoms with Crippen LogP contribution in [0.25, 0.3) is 0 Å². The Bertz CT molecular complexity index is 1890. The standard InChI is InChI=1S/C43H71N11O13S/c1-7-22(4)33(42(65)53-16-9-12-28(53)37(60)49-32(21(2)3)43(66)67)50-38(61)27-11-8-15-52(27)41(64)29-13-10-17-54(29)40(63)26(20-31(46)57)48-36(59)25(19-30(45)56)47-39(62)34(23(5)55)51-35(58)24(44)14-18-68-6/h21-29,32-34,55H,7-20,44H2,1-6H3,(H2,45,56)(H2,46,57)(H,47,62)(H,48,59)(H,49,60)(H,50,61)(H,51,58)(H,66,67)/t22-,23+,24-,25-,26-,27-,28-,29-,32-,33-,34-/m0/s1. The molecule has 3 rings (SSSR count). The van der Waals surface area contributed by atoms with Crippen LogP contribution >= 0.6 is 11.8 Å². The van der Waals surface area contributed by atoms with Gasteiger partial charge in [0, 0.05) is 19.6 Å². The van der Waals surface area contributed by atoms with E-state index < -0.39 is 150 Å². The van der Waals surface area contributed by atoms with Crippen molar-refractivity contribution in [1.29, 1.82) is 0 Å². The second-order valence-electron chi connectivity index (χ2n) is 18.1. The lowest BCUT2D eigenvalue weighted by molar-refractivity contribution is -0.149. The number of carboxylic acid groups (broad SMARTS) is 1. The molecule has 0 aromatic carbocycles. The molecule has 24 nitrogen and oxygen atoms in total. The van der Waals surface area contributed by atoms with Crippen molar-refractivity contribution < 1.29 is 63.0 Å². The molecule has 10 amide bonds. The Kier molecular flexibility index (Phi) is 21.9. The summed E-state index contributed by atoms with van der Waals surface area (Å²) in [4.78, 5) is 150. The zero-order valence-corrected chi connectivity index (χ0v) is 40.5. The zero-order valence-electron chi connectivity index (χ0n) is 39.7. The number of primary amides is 2. The van der Waals surface area contributed by atoms with E-state index in [0.717, 1.165) is 4.90 Å².